The molecule has 2 N–H and O–H groups in total. The molecule has 1 atom stereocenters. The average Bonchev–Trinajstić information content (AvgIpc) is 2.80. The van der Waals surface area contributed by atoms with E-state index in [0.29, 0.717) is 0 Å². The van der Waals surface area contributed by atoms with Crippen LogP contribution in [0.1, 0.15) is 22.7 Å². The highest BCUT2D eigenvalue weighted by Crippen LogP contribution is 2.28. The molecular weight excluding hydrogens is 220 g/mol. The zero-order valence-electron chi connectivity index (χ0n) is 9.78. The third kappa shape index (κ3) is 2.63. The number of aliphatic hydroxyl groups excluding tert-OH is 1. The number of nitrogens with zero attached hydrogens (tertiary/aromatic N) is 1. The summed E-state index contributed by atoms with van der Waals surface area (Å²) in [6.45, 7) is 6.53. The lowest BCUT2D eigenvalue weighted by atomic mass is 10.2. The summed E-state index contributed by atoms with van der Waals surface area (Å²) in [6, 6.07) is 4.56. The molecule has 1 aromatic heterocycles. The number of aliphatic hydroxyl groups is 1. The van der Waals surface area contributed by atoms with Crippen LogP contribution in [0, 0.1) is 0 Å². The summed E-state index contributed by atoms with van der Waals surface area (Å²) in [6.07, 6.45) is 1.09. The molecule has 0 aliphatic carbocycles. The van der Waals surface area contributed by atoms with E-state index in [4.69, 9.17) is 0 Å². The maximum atomic E-state index is 9.56. The fraction of sp³-hybridized carbons (Fsp3) is 0.667. The van der Waals surface area contributed by atoms with Crippen molar-refractivity contribution in [2.45, 2.75) is 19.4 Å². The molecule has 0 aromatic carbocycles. The van der Waals surface area contributed by atoms with Crippen molar-refractivity contribution in [1.82, 2.24) is 10.2 Å². The van der Waals surface area contributed by atoms with Gasteiger partial charge in [-0.1, -0.05) is 6.92 Å². The number of thiophene rings is 1. The molecule has 0 bridgehead atoms. The minimum Gasteiger partial charge on any atom is -0.394 e. The number of rotatable bonds is 4. The van der Waals surface area contributed by atoms with Crippen molar-refractivity contribution in [3.8, 4) is 0 Å². The predicted molar refractivity (Wildman–Crippen MR) is 68.0 cm³/mol. The van der Waals surface area contributed by atoms with E-state index in [2.05, 4.69) is 29.3 Å². The Morgan fingerprint density at radius 3 is 2.75 bits per heavy atom. The van der Waals surface area contributed by atoms with Gasteiger partial charge in [-0.3, -0.25) is 4.90 Å². The molecule has 16 heavy (non-hydrogen) atoms. The maximum absolute atomic E-state index is 9.56. The molecule has 1 unspecified atom stereocenters. The van der Waals surface area contributed by atoms with Gasteiger partial charge in [-0.25, -0.2) is 0 Å². The molecule has 0 radical (unpaired) electrons. The third-order valence-electron chi connectivity index (χ3n) is 3.12. The second-order valence-corrected chi connectivity index (χ2v) is 5.34. The quantitative estimate of drug-likeness (QED) is 0.831. The van der Waals surface area contributed by atoms with Crippen LogP contribution in [-0.4, -0.2) is 42.8 Å². The van der Waals surface area contributed by atoms with Crippen LogP contribution < -0.4 is 5.32 Å². The van der Waals surface area contributed by atoms with Crippen LogP contribution in [0.4, 0.5) is 0 Å². The van der Waals surface area contributed by atoms with Crippen molar-refractivity contribution < 1.29 is 5.11 Å². The number of piperazine rings is 1. The van der Waals surface area contributed by atoms with E-state index in [1.807, 2.05) is 11.3 Å². The van der Waals surface area contributed by atoms with E-state index < -0.39 is 0 Å². The third-order valence-corrected chi connectivity index (χ3v) is 4.46. The summed E-state index contributed by atoms with van der Waals surface area (Å²) in [4.78, 5) is 5.09. The van der Waals surface area contributed by atoms with Crippen molar-refractivity contribution in [2.24, 2.45) is 0 Å². The van der Waals surface area contributed by atoms with Crippen LogP contribution in [0.25, 0.3) is 0 Å². The highest BCUT2D eigenvalue weighted by atomic mass is 32.1. The molecule has 2 rings (SSSR count). The van der Waals surface area contributed by atoms with Crippen molar-refractivity contribution in [2.75, 3.05) is 32.8 Å². The van der Waals surface area contributed by atoms with Gasteiger partial charge in [0.1, 0.15) is 0 Å². The van der Waals surface area contributed by atoms with Crippen LogP contribution >= 0.6 is 11.3 Å². The average molecular weight is 240 g/mol. The summed E-state index contributed by atoms with van der Waals surface area (Å²) >= 11 is 1.84. The van der Waals surface area contributed by atoms with Gasteiger partial charge in [0.25, 0.3) is 0 Å². The Bertz CT molecular complexity index is 321. The Hall–Kier alpha value is -0.420. The lowest BCUT2D eigenvalue weighted by Gasteiger charge is -2.33. The largest absolute Gasteiger partial charge is 0.394 e. The van der Waals surface area contributed by atoms with Crippen LogP contribution in [-0.2, 0) is 6.42 Å². The standard InChI is InChI=1S/C12H20N2OS/c1-2-10-3-4-12(16-10)11(9-15)14-7-5-13-6-8-14/h3-4,11,13,15H,2,5-9H2,1H3. The summed E-state index contributed by atoms with van der Waals surface area (Å²) in [5.41, 5.74) is 0. The van der Waals surface area contributed by atoms with E-state index in [-0.39, 0.29) is 12.6 Å². The van der Waals surface area contributed by atoms with E-state index in [0.717, 1.165) is 32.6 Å². The van der Waals surface area contributed by atoms with Gasteiger partial charge in [0.05, 0.1) is 12.6 Å². The SMILES string of the molecule is CCc1ccc(C(CO)N2CCNCC2)s1. The highest BCUT2D eigenvalue weighted by Gasteiger charge is 2.22. The first kappa shape index (κ1) is 12.0. The second-order valence-electron chi connectivity index (χ2n) is 4.14. The van der Waals surface area contributed by atoms with Gasteiger partial charge in [0.15, 0.2) is 0 Å². The van der Waals surface area contributed by atoms with Gasteiger partial charge in [-0.05, 0) is 18.6 Å². The first-order valence-corrected chi connectivity index (χ1v) is 6.81. The first-order valence-electron chi connectivity index (χ1n) is 5.99. The van der Waals surface area contributed by atoms with Crippen LogP contribution in [0.15, 0.2) is 12.1 Å². The summed E-state index contributed by atoms with van der Waals surface area (Å²) in [7, 11) is 0. The van der Waals surface area contributed by atoms with Crippen LogP contribution in [0.2, 0.25) is 0 Å². The fourth-order valence-corrected chi connectivity index (χ4v) is 3.22. The van der Waals surface area contributed by atoms with Gasteiger partial charge in [0.2, 0.25) is 0 Å². The molecule has 1 fully saturated rings. The van der Waals surface area contributed by atoms with E-state index in [1.54, 1.807) is 0 Å². The molecule has 90 valence electrons. The van der Waals surface area contributed by atoms with E-state index in [9.17, 15) is 5.11 Å². The van der Waals surface area contributed by atoms with E-state index >= 15 is 0 Å². The molecule has 1 aromatic rings. The molecule has 0 spiro atoms. The maximum Gasteiger partial charge on any atom is 0.0675 e. The zero-order chi connectivity index (χ0) is 11.4. The van der Waals surface area contributed by atoms with Crippen LogP contribution in [0.5, 0.6) is 0 Å². The summed E-state index contributed by atoms with van der Waals surface area (Å²) in [5.74, 6) is 0. The Balaban J connectivity index is 2.08. The van der Waals surface area contributed by atoms with Gasteiger partial charge in [-0.2, -0.15) is 0 Å². The first-order chi connectivity index (χ1) is 7.85. The molecule has 1 aliphatic rings. The monoisotopic (exact) mass is 240 g/mol. The number of aryl methyl sites for hydroxylation is 1. The van der Waals surface area contributed by atoms with Crippen molar-refractivity contribution >= 4 is 11.3 Å². The Kier molecular flexibility index (Phi) is 4.35. The minimum absolute atomic E-state index is 0.201. The number of hydrogen-bond donors (Lipinski definition) is 2. The number of hydrogen-bond acceptors (Lipinski definition) is 4. The molecular formula is C12H20N2OS. The Labute approximate surface area is 101 Å². The predicted octanol–water partition coefficient (Wildman–Crippen LogP) is 1.25. The van der Waals surface area contributed by atoms with Gasteiger partial charge >= 0.3 is 0 Å². The van der Waals surface area contributed by atoms with Crippen LogP contribution in [0.3, 0.4) is 0 Å². The molecule has 3 nitrogen and oxygen atoms in total. The van der Waals surface area contributed by atoms with Crippen molar-refractivity contribution in [1.29, 1.82) is 0 Å². The van der Waals surface area contributed by atoms with Crippen molar-refractivity contribution in [3.63, 3.8) is 0 Å². The summed E-state index contributed by atoms with van der Waals surface area (Å²) < 4.78 is 0. The minimum atomic E-state index is 0.201. The van der Waals surface area contributed by atoms with Gasteiger partial charge in [0, 0.05) is 35.9 Å². The molecule has 2 heterocycles. The molecule has 4 heteroatoms. The summed E-state index contributed by atoms with van der Waals surface area (Å²) in [5, 5.41) is 12.9. The smallest absolute Gasteiger partial charge is 0.0675 e. The normalized spacial score (nSPS) is 19.9. The molecule has 1 aliphatic heterocycles. The molecule has 0 amide bonds. The lowest BCUT2D eigenvalue weighted by Crippen LogP contribution is -2.45. The van der Waals surface area contributed by atoms with Gasteiger partial charge < -0.3 is 10.4 Å². The fourth-order valence-electron chi connectivity index (χ4n) is 2.14. The zero-order valence-corrected chi connectivity index (χ0v) is 10.6. The topological polar surface area (TPSA) is 35.5 Å². The Morgan fingerprint density at radius 2 is 2.19 bits per heavy atom. The molecule has 0 saturated carbocycles. The van der Waals surface area contributed by atoms with Gasteiger partial charge in [-0.15, -0.1) is 11.3 Å². The molecule has 1 saturated heterocycles. The lowest BCUT2D eigenvalue weighted by molar-refractivity contribution is 0.113. The number of nitrogens with one attached hydrogen (secondary N) is 1. The Morgan fingerprint density at radius 1 is 1.44 bits per heavy atom. The van der Waals surface area contributed by atoms with E-state index in [1.165, 1.54) is 9.75 Å². The highest BCUT2D eigenvalue weighted by molar-refractivity contribution is 7.12. The second kappa shape index (κ2) is 5.77. The van der Waals surface area contributed by atoms with Crippen molar-refractivity contribution in [3.05, 3.63) is 21.9 Å².